The molecule has 1 fully saturated rings. The summed E-state index contributed by atoms with van der Waals surface area (Å²) in [5.74, 6) is 0. The summed E-state index contributed by atoms with van der Waals surface area (Å²) in [7, 11) is -3.49. The largest absolute Gasteiger partial charge is 0.286 e. The predicted molar refractivity (Wildman–Crippen MR) is 82.4 cm³/mol. The van der Waals surface area contributed by atoms with Crippen LogP contribution in [0.15, 0.2) is 14.1 Å². The first-order valence-electron chi connectivity index (χ1n) is 5.95. The van der Waals surface area contributed by atoms with Crippen molar-refractivity contribution in [3.63, 3.8) is 0 Å². The molecule has 0 N–H and O–H groups in total. The van der Waals surface area contributed by atoms with Gasteiger partial charge in [0.25, 0.3) is 10.0 Å². The third kappa shape index (κ3) is 3.18. The van der Waals surface area contributed by atoms with Crippen LogP contribution in [-0.4, -0.2) is 49.8 Å². The second-order valence-electron chi connectivity index (χ2n) is 4.43. The van der Waals surface area contributed by atoms with Gasteiger partial charge in [-0.3, -0.25) is 4.90 Å². The van der Waals surface area contributed by atoms with Crippen molar-refractivity contribution in [2.45, 2.75) is 17.2 Å². The van der Waals surface area contributed by atoms with Crippen molar-refractivity contribution in [1.29, 1.82) is 5.26 Å². The molecule has 1 unspecified atom stereocenters. The van der Waals surface area contributed by atoms with Crippen LogP contribution in [0.1, 0.15) is 6.92 Å². The number of hydrogen-bond donors (Lipinski definition) is 0. The summed E-state index contributed by atoms with van der Waals surface area (Å²) >= 11 is 10.2. The van der Waals surface area contributed by atoms with Crippen molar-refractivity contribution >= 4 is 48.9 Å². The number of nitrogens with zero attached hydrogens (tertiary/aromatic N) is 3. The normalized spacial score (nSPS) is 19.7. The zero-order valence-corrected chi connectivity index (χ0v) is 14.7. The molecule has 2 heterocycles. The highest BCUT2D eigenvalue weighted by molar-refractivity contribution is 9.11. The predicted octanol–water partition coefficient (Wildman–Crippen LogP) is 2.38. The lowest BCUT2D eigenvalue weighted by atomic mass is 10.2. The van der Waals surface area contributed by atoms with Crippen molar-refractivity contribution in [3.8, 4) is 6.07 Å². The third-order valence-electron chi connectivity index (χ3n) is 3.22. The Labute approximate surface area is 135 Å². The summed E-state index contributed by atoms with van der Waals surface area (Å²) in [5, 5.41) is 9.29. The van der Waals surface area contributed by atoms with Crippen LogP contribution in [0.2, 0.25) is 5.02 Å². The van der Waals surface area contributed by atoms with E-state index in [1.807, 2.05) is 11.8 Å². The van der Waals surface area contributed by atoms with Gasteiger partial charge in [0.15, 0.2) is 0 Å². The Kier molecular flexibility index (Phi) is 5.10. The molecule has 1 saturated heterocycles. The Hall–Kier alpha value is -0.170. The molecule has 110 valence electrons. The van der Waals surface area contributed by atoms with E-state index >= 15 is 0 Å². The first kappa shape index (κ1) is 16.2. The van der Waals surface area contributed by atoms with Gasteiger partial charge in [0, 0.05) is 26.2 Å². The van der Waals surface area contributed by atoms with Crippen molar-refractivity contribution in [2.75, 3.05) is 26.2 Å². The molecule has 9 heteroatoms. The van der Waals surface area contributed by atoms with E-state index in [1.165, 1.54) is 10.4 Å². The minimum atomic E-state index is -3.49. The Morgan fingerprint density at radius 1 is 1.45 bits per heavy atom. The molecule has 0 aromatic carbocycles. The number of halogens is 2. The lowest BCUT2D eigenvalue weighted by molar-refractivity contribution is 0.170. The Morgan fingerprint density at radius 2 is 2.05 bits per heavy atom. The smallest absolute Gasteiger partial charge is 0.252 e. The van der Waals surface area contributed by atoms with E-state index in [0.717, 1.165) is 11.3 Å². The van der Waals surface area contributed by atoms with E-state index in [1.54, 1.807) is 0 Å². The highest BCUT2D eigenvalue weighted by Gasteiger charge is 2.31. The third-order valence-corrected chi connectivity index (χ3v) is 8.05. The summed E-state index contributed by atoms with van der Waals surface area (Å²) in [5.41, 5.74) is 0. The van der Waals surface area contributed by atoms with Crippen LogP contribution in [0.4, 0.5) is 0 Å². The fourth-order valence-electron chi connectivity index (χ4n) is 1.99. The average Bonchev–Trinajstić information content (AvgIpc) is 2.78. The molecule has 0 spiro atoms. The standard InChI is InChI=1S/C11H13BrClN3O2S2/c1-8(7-14)15-2-4-16(5-3-15)20(17,18)10-6-9(13)11(12)19-10/h6,8H,2-5H2,1H3. The summed E-state index contributed by atoms with van der Waals surface area (Å²) < 4.78 is 27.3. The zero-order valence-electron chi connectivity index (χ0n) is 10.7. The zero-order chi connectivity index (χ0) is 14.9. The van der Waals surface area contributed by atoms with Gasteiger partial charge >= 0.3 is 0 Å². The maximum atomic E-state index is 12.5. The molecule has 0 aliphatic carbocycles. The van der Waals surface area contributed by atoms with Gasteiger partial charge < -0.3 is 0 Å². The number of piperazine rings is 1. The Morgan fingerprint density at radius 3 is 2.50 bits per heavy atom. The van der Waals surface area contributed by atoms with E-state index in [9.17, 15) is 8.42 Å². The van der Waals surface area contributed by atoms with E-state index in [2.05, 4.69) is 22.0 Å². The summed E-state index contributed by atoms with van der Waals surface area (Å²) in [6, 6.07) is 3.45. The molecule has 5 nitrogen and oxygen atoms in total. The SMILES string of the molecule is CC(C#N)N1CCN(S(=O)(=O)c2cc(Cl)c(Br)s2)CC1. The summed E-state index contributed by atoms with van der Waals surface area (Å²) in [6.45, 7) is 3.73. The molecular weight excluding hydrogens is 386 g/mol. The minimum absolute atomic E-state index is 0.190. The lowest BCUT2D eigenvalue weighted by Gasteiger charge is -2.34. The van der Waals surface area contributed by atoms with Crippen molar-refractivity contribution in [3.05, 3.63) is 14.9 Å². The fourth-order valence-corrected chi connectivity index (χ4v) is 5.97. The van der Waals surface area contributed by atoms with Gasteiger partial charge in [-0.2, -0.15) is 9.57 Å². The van der Waals surface area contributed by atoms with Gasteiger partial charge in [-0.1, -0.05) is 11.6 Å². The number of thiophene rings is 1. The molecule has 2 rings (SSSR count). The van der Waals surface area contributed by atoms with Crippen molar-refractivity contribution in [1.82, 2.24) is 9.21 Å². The van der Waals surface area contributed by atoms with Crippen LogP contribution < -0.4 is 0 Å². The summed E-state index contributed by atoms with van der Waals surface area (Å²) in [6.07, 6.45) is 0. The van der Waals surface area contributed by atoms with E-state index in [0.29, 0.717) is 35.0 Å². The van der Waals surface area contributed by atoms with E-state index < -0.39 is 10.0 Å². The van der Waals surface area contributed by atoms with Gasteiger partial charge in [-0.25, -0.2) is 8.42 Å². The van der Waals surface area contributed by atoms with Crippen molar-refractivity contribution in [2.24, 2.45) is 0 Å². The minimum Gasteiger partial charge on any atom is -0.286 e. The molecular formula is C11H13BrClN3O2S2. The summed E-state index contributed by atoms with van der Waals surface area (Å²) in [4.78, 5) is 1.98. The average molecular weight is 399 g/mol. The fraction of sp³-hybridized carbons (Fsp3) is 0.545. The molecule has 1 aromatic rings. The molecule has 1 aliphatic rings. The molecule has 20 heavy (non-hydrogen) atoms. The van der Waals surface area contributed by atoms with E-state index in [4.69, 9.17) is 16.9 Å². The van der Waals surface area contributed by atoms with Crippen LogP contribution in [0.3, 0.4) is 0 Å². The lowest BCUT2D eigenvalue weighted by Crippen LogP contribution is -2.50. The Bertz CT molecular complexity index is 613. The van der Waals surface area contributed by atoms with Crippen LogP contribution in [0.25, 0.3) is 0 Å². The van der Waals surface area contributed by atoms with E-state index in [-0.39, 0.29) is 10.3 Å². The van der Waals surface area contributed by atoms with Crippen molar-refractivity contribution < 1.29 is 8.42 Å². The molecule has 0 radical (unpaired) electrons. The van der Waals surface area contributed by atoms with Gasteiger partial charge in [0.2, 0.25) is 0 Å². The number of sulfonamides is 1. The first-order valence-corrected chi connectivity index (χ1v) is 9.37. The van der Waals surface area contributed by atoms with Crippen LogP contribution >= 0.6 is 38.9 Å². The molecule has 0 bridgehead atoms. The van der Waals surface area contributed by atoms with Gasteiger partial charge in [-0.15, -0.1) is 11.3 Å². The molecule has 0 saturated carbocycles. The second kappa shape index (κ2) is 6.30. The first-order chi connectivity index (χ1) is 9.36. The maximum absolute atomic E-state index is 12.5. The monoisotopic (exact) mass is 397 g/mol. The quantitative estimate of drug-likeness (QED) is 0.784. The molecule has 1 atom stereocenters. The molecule has 1 aliphatic heterocycles. The highest BCUT2D eigenvalue weighted by Crippen LogP contribution is 2.36. The van der Waals surface area contributed by atoms with Crippen LogP contribution in [0, 0.1) is 11.3 Å². The number of hydrogen-bond acceptors (Lipinski definition) is 5. The second-order valence-corrected chi connectivity index (χ2v) is 9.37. The number of nitriles is 1. The van der Waals surface area contributed by atoms with Gasteiger partial charge in [-0.05, 0) is 28.9 Å². The Balaban J connectivity index is 2.12. The molecule has 0 amide bonds. The van der Waals surface area contributed by atoms with Crippen LogP contribution in [0.5, 0.6) is 0 Å². The molecule has 1 aromatic heterocycles. The highest BCUT2D eigenvalue weighted by atomic mass is 79.9. The maximum Gasteiger partial charge on any atom is 0.252 e. The topological polar surface area (TPSA) is 64.4 Å². The van der Waals surface area contributed by atoms with Gasteiger partial charge in [0.05, 0.1) is 20.9 Å². The van der Waals surface area contributed by atoms with Gasteiger partial charge in [0.1, 0.15) is 4.21 Å². The van der Waals surface area contributed by atoms with Crippen LogP contribution in [-0.2, 0) is 10.0 Å². The number of rotatable bonds is 3.